The van der Waals surface area contributed by atoms with E-state index in [-0.39, 0.29) is 24.5 Å². The van der Waals surface area contributed by atoms with Crippen LogP contribution in [-0.2, 0) is 13.6 Å². The van der Waals surface area contributed by atoms with Crippen LogP contribution in [0.25, 0.3) is 33.5 Å². The fraction of sp³-hybridized carbons (Fsp3) is 0.407. The molecule has 8 nitrogen and oxygen atoms in total. The number of aromatic nitrogens is 3. The molecule has 1 aliphatic rings. The number of aryl methyl sites for hydroxylation is 1. The molecule has 2 atom stereocenters. The number of hydrogen-bond acceptors (Lipinski definition) is 5. The monoisotopic (exact) mass is 475 g/mol. The number of aliphatic hydroxyl groups excluding tert-OH is 1. The molecule has 0 aliphatic carbocycles. The van der Waals surface area contributed by atoms with Gasteiger partial charge >= 0.3 is 0 Å². The van der Waals surface area contributed by atoms with Crippen molar-refractivity contribution < 1.29 is 14.6 Å². The Bertz CT molecular complexity index is 1390. The Hall–Kier alpha value is -3.36. The summed E-state index contributed by atoms with van der Waals surface area (Å²) in [6.45, 7) is 4.08. The van der Waals surface area contributed by atoms with Crippen LogP contribution >= 0.6 is 0 Å². The van der Waals surface area contributed by atoms with Crippen molar-refractivity contribution in [3.63, 3.8) is 0 Å². The predicted molar refractivity (Wildman–Crippen MR) is 138 cm³/mol. The lowest BCUT2D eigenvalue weighted by Crippen LogP contribution is -2.45. The van der Waals surface area contributed by atoms with Crippen molar-refractivity contribution in [1.29, 1.82) is 0 Å². The van der Waals surface area contributed by atoms with E-state index in [1.54, 1.807) is 13.2 Å². The molecule has 2 aromatic heterocycles. The number of rotatable bonds is 6. The average Bonchev–Trinajstić information content (AvgIpc) is 3.40. The summed E-state index contributed by atoms with van der Waals surface area (Å²) in [7, 11) is 3.59. The fourth-order valence-corrected chi connectivity index (χ4v) is 5.16. The van der Waals surface area contributed by atoms with E-state index in [2.05, 4.69) is 22.8 Å². The van der Waals surface area contributed by atoms with E-state index < -0.39 is 0 Å². The van der Waals surface area contributed by atoms with E-state index in [1.165, 1.54) is 0 Å². The maximum absolute atomic E-state index is 13.3. The minimum absolute atomic E-state index is 0.0167. The molecule has 3 heterocycles. The van der Waals surface area contributed by atoms with Gasteiger partial charge in [0.05, 0.1) is 18.3 Å². The number of aliphatic hydroxyl groups is 1. The summed E-state index contributed by atoms with van der Waals surface area (Å²) in [5.74, 6) is 1.44. The van der Waals surface area contributed by atoms with Crippen LogP contribution in [-0.4, -0.2) is 62.9 Å². The molecule has 35 heavy (non-hydrogen) atoms. The molecular formula is C27H33N5O3. The minimum Gasteiger partial charge on any atom is -0.494 e. The van der Waals surface area contributed by atoms with E-state index in [0.29, 0.717) is 36.5 Å². The van der Waals surface area contributed by atoms with Gasteiger partial charge in [-0.25, -0.2) is 4.98 Å². The van der Waals surface area contributed by atoms with E-state index in [0.717, 1.165) is 40.8 Å². The molecule has 1 fully saturated rings. The molecule has 1 saturated heterocycles. The first kappa shape index (κ1) is 23.4. The number of imidazole rings is 1. The lowest BCUT2D eigenvalue weighted by atomic mass is 10.0. The number of amides is 1. The van der Waals surface area contributed by atoms with Crippen molar-refractivity contribution in [2.24, 2.45) is 18.7 Å². The molecule has 1 amide bonds. The number of likely N-dealkylation sites (tertiary alicyclic amines) is 1. The van der Waals surface area contributed by atoms with Crippen molar-refractivity contribution in [2.75, 3.05) is 26.8 Å². The molecule has 2 aromatic carbocycles. The first-order valence-corrected chi connectivity index (χ1v) is 12.2. The summed E-state index contributed by atoms with van der Waals surface area (Å²) in [6, 6.07) is 14.0. The highest BCUT2D eigenvalue weighted by Gasteiger charge is 2.25. The van der Waals surface area contributed by atoms with Crippen molar-refractivity contribution >= 4 is 27.8 Å². The van der Waals surface area contributed by atoms with Crippen LogP contribution < -0.4 is 10.5 Å². The van der Waals surface area contributed by atoms with Crippen LogP contribution in [0.4, 0.5) is 0 Å². The second-order valence-corrected chi connectivity index (χ2v) is 9.68. The quantitative estimate of drug-likeness (QED) is 0.445. The number of methoxy groups -OCH3 is 1. The summed E-state index contributed by atoms with van der Waals surface area (Å²) >= 11 is 0. The van der Waals surface area contributed by atoms with Crippen LogP contribution in [0.15, 0.2) is 42.5 Å². The number of fused-ring (bicyclic) bond motifs is 2. The third-order valence-electron chi connectivity index (χ3n) is 6.99. The topological polar surface area (TPSA) is 98.5 Å². The zero-order chi connectivity index (χ0) is 24.7. The number of piperidine rings is 1. The zero-order valence-electron chi connectivity index (χ0n) is 20.6. The van der Waals surface area contributed by atoms with E-state index in [4.69, 9.17) is 15.5 Å². The Morgan fingerprint density at radius 2 is 2.09 bits per heavy atom. The van der Waals surface area contributed by atoms with Crippen molar-refractivity contribution in [2.45, 2.75) is 32.4 Å². The molecule has 8 heteroatoms. The van der Waals surface area contributed by atoms with Gasteiger partial charge in [-0.3, -0.25) is 4.79 Å². The standard InChI is InChI=1S/C27H33N5O3/c1-17(16-33)14-32-22-9-5-4-7-18(22)12-23(32)26-29-21-11-19(13-24(35-3)25(21)30(26)2)27(34)31-10-6-8-20(28)15-31/h4-5,7,9,11-13,17,20,33H,6,8,10,14-16,28H2,1-3H3/t17-,20-/m1/s1. The van der Waals surface area contributed by atoms with Gasteiger partial charge < -0.3 is 29.6 Å². The van der Waals surface area contributed by atoms with E-state index >= 15 is 0 Å². The lowest BCUT2D eigenvalue weighted by Gasteiger charge is -2.30. The van der Waals surface area contributed by atoms with E-state index in [9.17, 15) is 9.90 Å². The molecule has 0 unspecified atom stereocenters. The molecular weight excluding hydrogens is 442 g/mol. The Kier molecular flexibility index (Phi) is 6.25. The molecule has 0 radical (unpaired) electrons. The number of carbonyl (C=O) groups is 1. The van der Waals surface area contributed by atoms with Gasteiger partial charge in [0.1, 0.15) is 11.3 Å². The fourth-order valence-electron chi connectivity index (χ4n) is 5.16. The molecule has 5 rings (SSSR count). The molecule has 0 saturated carbocycles. The third kappa shape index (κ3) is 4.17. The highest BCUT2D eigenvalue weighted by molar-refractivity contribution is 6.00. The second kappa shape index (κ2) is 9.36. The summed E-state index contributed by atoms with van der Waals surface area (Å²) in [5.41, 5.74) is 10.3. The van der Waals surface area contributed by atoms with Crippen LogP contribution in [0.3, 0.4) is 0 Å². The van der Waals surface area contributed by atoms with Crippen molar-refractivity contribution in [1.82, 2.24) is 19.0 Å². The average molecular weight is 476 g/mol. The SMILES string of the molecule is COc1cc(C(=O)N2CCC[C@@H](N)C2)cc2nc(-c3cc4ccccc4n3C[C@@H](C)CO)n(C)c12. The highest BCUT2D eigenvalue weighted by atomic mass is 16.5. The minimum atomic E-state index is -0.0431. The van der Waals surface area contributed by atoms with Crippen LogP contribution in [0.1, 0.15) is 30.1 Å². The van der Waals surface area contributed by atoms with Crippen LogP contribution in [0.5, 0.6) is 5.75 Å². The van der Waals surface area contributed by atoms with Gasteiger partial charge in [0.15, 0.2) is 5.82 Å². The maximum Gasteiger partial charge on any atom is 0.254 e. The summed E-state index contributed by atoms with van der Waals surface area (Å²) in [5, 5.41) is 10.8. The van der Waals surface area contributed by atoms with Crippen molar-refractivity contribution in [3.05, 3.63) is 48.0 Å². The predicted octanol–water partition coefficient (Wildman–Crippen LogP) is 3.40. The zero-order valence-corrected chi connectivity index (χ0v) is 20.6. The van der Waals surface area contributed by atoms with Gasteiger partial charge in [-0.2, -0.15) is 0 Å². The van der Waals surface area contributed by atoms with Crippen LogP contribution in [0.2, 0.25) is 0 Å². The molecule has 1 aliphatic heterocycles. The largest absolute Gasteiger partial charge is 0.494 e. The highest BCUT2D eigenvalue weighted by Crippen LogP contribution is 2.35. The normalized spacial score (nSPS) is 17.3. The summed E-state index contributed by atoms with van der Waals surface area (Å²) in [4.78, 5) is 20.1. The van der Waals surface area contributed by atoms with Gasteiger partial charge in [-0.1, -0.05) is 25.1 Å². The van der Waals surface area contributed by atoms with Gasteiger partial charge in [0, 0.05) is 55.8 Å². The first-order chi connectivity index (χ1) is 16.9. The first-order valence-electron chi connectivity index (χ1n) is 12.2. The van der Waals surface area contributed by atoms with Crippen molar-refractivity contribution in [3.8, 4) is 17.3 Å². The Balaban J connectivity index is 1.64. The summed E-state index contributed by atoms with van der Waals surface area (Å²) < 4.78 is 9.97. The third-order valence-corrected chi connectivity index (χ3v) is 6.99. The molecule has 0 spiro atoms. The number of carbonyl (C=O) groups excluding carboxylic acids is 1. The number of ether oxygens (including phenoxy) is 1. The smallest absolute Gasteiger partial charge is 0.254 e. The number of nitrogens with two attached hydrogens (primary N) is 1. The van der Waals surface area contributed by atoms with Gasteiger partial charge in [-0.15, -0.1) is 0 Å². The lowest BCUT2D eigenvalue weighted by molar-refractivity contribution is 0.0708. The number of benzene rings is 2. The number of nitrogens with zero attached hydrogens (tertiary/aromatic N) is 4. The Morgan fingerprint density at radius 3 is 2.83 bits per heavy atom. The number of hydrogen-bond donors (Lipinski definition) is 2. The molecule has 0 bridgehead atoms. The van der Waals surface area contributed by atoms with Gasteiger partial charge in [0.25, 0.3) is 5.91 Å². The Morgan fingerprint density at radius 1 is 1.29 bits per heavy atom. The van der Waals surface area contributed by atoms with Crippen LogP contribution in [0, 0.1) is 5.92 Å². The molecule has 184 valence electrons. The second-order valence-electron chi connectivity index (χ2n) is 9.68. The van der Waals surface area contributed by atoms with Gasteiger partial charge in [-0.05, 0) is 43.0 Å². The Labute approximate surface area is 204 Å². The number of para-hydroxylation sites is 1. The molecule has 4 aromatic rings. The van der Waals surface area contributed by atoms with Gasteiger partial charge in [0.2, 0.25) is 0 Å². The molecule has 3 N–H and O–H groups in total. The van der Waals surface area contributed by atoms with E-state index in [1.807, 2.05) is 41.6 Å². The summed E-state index contributed by atoms with van der Waals surface area (Å²) in [6.07, 6.45) is 1.86. The maximum atomic E-state index is 13.3.